The summed E-state index contributed by atoms with van der Waals surface area (Å²) in [5.74, 6) is -0.570. The standard InChI is InChI=1S/C25H26N4O4S/c1-18(22-8-7-9-23(16-22)26-19(2)30)27-28-25(31)21-14-12-20(13-15-21)17-29(34(3,32)33)24-10-5-4-6-11-24/h4-16H,17H2,1-3H3,(H,26,30)(H,28,31)/b27-18+. The molecule has 3 aromatic rings. The molecule has 2 N–H and O–H groups in total. The maximum absolute atomic E-state index is 12.5. The van der Waals surface area contributed by atoms with Crippen molar-refractivity contribution >= 4 is 38.9 Å². The molecule has 3 rings (SSSR count). The first-order valence-corrected chi connectivity index (χ1v) is 12.3. The van der Waals surface area contributed by atoms with Gasteiger partial charge in [0, 0.05) is 18.2 Å². The van der Waals surface area contributed by atoms with Crippen LogP contribution >= 0.6 is 0 Å². The first kappa shape index (κ1) is 24.7. The van der Waals surface area contributed by atoms with Crippen LogP contribution in [-0.4, -0.2) is 32.2 Å². The van der Waals surface area contributed by atoms with Crippen LogP contribution in [0.2, 0.25) is 0 Å². The molecular formula is C25H26N4O4S. The summed E-state index contributed by atoms with van der Waals surface area (Å²) in [7, 11) is -3.48. The lowest BCUT2D eigenvalue weighted by atomic mass is 10.1. The molecular weight excluding hydrogens is 452 g/mol. The molecule has 0 atom stereocenters. The Morgan fingerprint density at radius 3 is 2.18 bits per heavy atom. The molecule has 0 aliphatic carbocycles. The predicted octanol–water partition coefficient (Wildman–Crippen LogP) is 3.77. The molecule has 2 amide bonds. The van der Waals surface area contributed by atoms with Crippen molar-refractivity contribution in [3.8, 4) is 0 Å². The van der Waals surface area contributed by atoms with Crippen LogP contribution in [0.15, 0.2) is 84.0 Å². The molecule has 0 unspecified atom stereocenters. The van der Waals surface area contributed by atoms with E-state index in [0.29, 0.717) is 22.6 Å². The van der Waals surface area contributed by atoms with E-state index in [-0.39, 0.29) is 12.5 Å². The number of nitrogens with one attached hydrogen (secondary N) is 2. The van der Waals surface area contributed by atoms with Gasteiger partial charge in [-0.05, 0) is 54.4 Å². The van der Waals surface area contributed by atoms with Gasteiger partial charge in [0.25, 0.3) is 5.91 Å². The lowest BCUT2D eigenvalue weighted by molar-refractivity contribution is -0.114. The Balaban J connectivity index is 1.68. The molecule has 0 bridgehead atoms. The third-order valence-electron chi connectivity index (χ3n) is 4.91. The maximum Gasteiger partial charge on any atom is 0.271 e. The summed E-state index contributed by atoms with van der Waals surface area (Å²) < 4.78 is 25.9. The highest BCUT2D eigenvalue weighted by atomic mass is 32.2. The Morgan fingerprint density at radius 1 is 0.882 bits per heavy atom. The van der Waals surface area contributed by atoms with E-state index in [1.807, 2.05) is 12.1 Å². The zero-order valence-electron chi connectivity index (χ0n) is 19.1. The van der Waals surface area contributed by atoms with Crippen LogP contribution in [0.4, 0.5) is 11.4 Å². The summed E-state index contributed by atoms with van der Waals surface area (Å²) in [6.07, 6.45) is 1.16. The average molecular weight is 479 g/mol. The monoisotopic (exact) mass is 478 g/mol. The fraction of sp³-hybridized carbons (Fsp3) is 0.160. The summed E-state index contributed by atoms with van der Waals surface area (Å²) in [6.45, 7) is 3.33. The summed E-state index contributed by atoms with van der Waals surface area (Å²) in [5, 5.41) is 6.86. The molecule has 0 aliphatic rings. The van der Waals surface area contributed by atoms with Crippen molar-refractivity contribution in [2.45, 2.75) is 20.4 Å². The average Bonchev–Trinajstić information content (AvgIpc) is 2.80. The van der Waals surface area contributed by atoms with Gasteiger partial charge in [-0.1, -0.05) is 42.5 Å². The number of carbonyl (C=O) groups is 2. The number of benzene rings is 3. The normalized spacial score (nSPS) is 11.6. The second-order valence-electron chi connectivity index (χ2n) is 7.70. The van der Waals surface area contributed by atoms with Crippen LogP contribution in [0.3, 0.4) is 0 Å². The van der Waals surface area contributed by atoms with Gasteiger partial charge in [-0.3, -0.25) is 13.9 Å². The first-order chi connectivity index (χ1) is 16.1. The summed E-state index contributed by atoms with van der Waals surface area (Å²) in [6, 6.07) is 22.7. The molecule has 0 heterocycles. The molecule has 0 fully saturated rings. The summed E-state index contributed by atoms with van der Waals surface area (Å²) >= 11 is 0. The number of hydrazone groups is 1. The van der Waals surface area contributed by atoms with Gasteiger partial charge in [0.05, 0.1) is 24.2 Å². The van der Waals surface area contributed by atoms with E-state index in [1.165, 1.54) is 11.2 Å². The van der Waals surface area contributed by atoms with Crippen molar-refractivity contribution < 1.29 is 18.0 Å². The summed E-state index contributed by atoms with van der Waals surface area (Å²) in [5.41, 5.74) is 6.18. The highest BCUT2D eigenvalue weighted by Gasteiger charge is 2.17. The van der Waals surface area contributed by atoms with Crippen LogP contribution < -0.4 is 15.0 Å². The topological polar surface area (TPSA) is 108 Å². The van der Waals surface area contributed by atoms with Crippen molar-refractivity contribution in [1.29, 1.82) is 0 Å². The van der Waals surface area contributed by atoms with Crippen LogP contribution in [0.25, 0.3) is 0 Å². The molecule has 0 spiro atoms. The number of rotatable bonds is 8. The number of carbonyl (C=O) groups excluding carboxylic acids is 2. The third-order valence-corrected chi connectivity index (χ3v) is 6.05. The number of amides is 2. The van der Waals surface area contributed by atoms with Gasteiger partial charge in [-0.2, -0.15) is 5.10 Å². The summed E-state index contributed by atoms with van der Waals surface area (Å²) in [4.78, 5) is 23.8. The predicted molar refractivity (Wildman–Crippen MR) is 134 cm³/mol. The number of hydrogen-bond donors (Lipinski definition) is 2. The van der Waals surface area contributed by atoms with Gasteiger partial charge in [-0.25, -0.2) is 13.8 Å². The molecule has 176 valence electrons. The van der Waals surface area contributed by atoms with E-state index >= 15 is 0 Å². The van der Waals surface area contributed by atoms with Gasteiger partial charge in [0.2, 0.25) is 15.9 Å². The van der Waals surface area contributed by atoms with E-state index < -0.39 is 15.9 Å². The van der Waals surface area contributed by atoms with E-state index in [2.05, 4.69) is 15.8 Å². The quantitative estimate of drug-likeness (QED) is 0.380. The Labute approximate surface area is 199 Å². The molecule has 0 saturated carbocycles. The van der Waals surface area contributed by atoms with E-state index in [0.717, 1.165) is 17.4 Å². The second kappa shape index (κ2) is 10.8. The number of para-hydroxylation sites is 1. The zero-order chi connectivity index (χ0) is 24.7. The van der Waals surface area contributed by atoms with E-state index in [1.54, 1.807) is 73.7 Å². The minimum atomic E-state index is -3.48. The fourth-order valence-corrected chi connectivity index (χ4v) is 4.10. The highest BCUT2D eigenvalue weighted by molar-refractivity contribution is 7.92. The number of anilines is 2. The third kappa shape index (κ3) is 6.76. The number of sulfonamides is 1. The van der Waals surface area contributed by atoms with Crippen molar-refractivity contribution in [3.63, 3.8) is 0 Å². The molecule has 8 nitrogen and oxygen atoms in total. The molecule has 0 aliphatic heterocycles. The molecule has 34 heavy (non-hydrogen) atoms. The molecule has 9 heteroatoms. The first-order valence-electron chi connectivity index (χ1n) is 10.5. The Hall–Kier alpha value is -3.98. The minimum absolute atomic E-state index is 0.145. The van der Waals surface area contributed by atoms with Gasteiger partial charge >= 0.3 is 0 Å². The second-order valence-corrected chi connectivity index (χ2v) is 9.61. The zero-order valence-corrected chi connectivity index (χ0v) is 20.0. The van der Waals surface area contributed by atoms with Crippen molar-refractivity contribution in [2.24, 2.45) is 5.10 Å². The van der Waals surface area contributed by atoms with E-state index in [4.69, 9.17) is 0 Å². The molecule has 0 saturated heterocycles. The largest absolute Gasteiger partial charge is 0.326 e. The smallest absolute Gasteiger partial charge is 0.271 e. The Kier molecular flexibility index (Phi) is 7.80. The van der Waals surface area contributed by atoms with Gasteiger partial charge < -0.3 is 5.32 Å². The lowest BCUT2D eigenvalue weighted by Crippen LogP contribution is -2.29. The molecule has 3 aromatic carbocycles. The SMILES string of the molecule is CC(=O)Nc1cccc(/C(C)=N/NC(=O)c2ccc(CN(c3ccccc3)S(C)(=O)=O)cc2)c1. The highest BCUT2D eigenvalue weighted by Crippen LogP contribution is 2.20. The van der Waals surface area contributed by atoms with Crippen LogP contribution in [-0.2, 0) is 21.4 Å². The Bertz CT molecular complexity index is 1300. The van der Waals surface area contributed by atoms with Gasteiger partial charge in [-0.15, -0.1) is 0 Å². The molecule has 0 radical (unpaired) electrons. The number of hydrogen-bond acceptors (Lipinski definition) is 5. The van der Waals surface area contributed by atoms with Crippen LogP contribution in [0.5, 0.6) is 0 Å². The lowest BCUT2D eigenvalue weighted by Gasteiger charge is -2.22. The van der Waals surface area contributed by atoms with Crippen LogP contribution in [0.1, 0.15) is 35.3 Å². The Morgan fingerprint density at radius 2 is 1.56 bits per heavy atom. The minimum Gasteiger partial charge on any atom is -0.326 e. The van der Waals surface area contributed by atoms with Crippen molar-refractivity contribution in [3.05, 3.63) is 95.6 Å². The molecule has 0 aromatic heterocycles. The maximum atomic E-state index is 12.5. The fourth-order valence-electron chi connectivity index (χ4n) is 3.21. The number of nitrogens with zero attached hydrogens (tertiary/aromatic N) is 2. The van der Waals surface area contributed by atoms with Crippen LogP contribution in [0, 0.1) is 0 Å². The van der Waals surface area contributed by atoms with Gasteiger partial charge in [0.1, 0.15) is 0 Å². The van der Waals surface area contributed by atoms with E-state index in [9.17, 15) is 18.0 Å². The van der Waals surface area contributed by atoms with Crippen molar-refractivity contribution in [1.82, 2.24) is 5.43 Å². The van der Waals surface area contributed by atoms with Gasteiger partial charge in [0.15, 0.2) is 0 Å². The van der Waals surface area contributed by atoms with Crippen molar-refractivity contribution in [2.75, 3.05) is 15.9 Å².